The predicted molar refractivity (Wildman–Crippen MR) is 117 cm³/mol. The molecule has 4 rings (SSSR count). The number of aromatic nitrogens is 1. The van der Waals surface area contributed by atoms with E-state index in [4.69, 9.17) is 4.74 Å². The van der Waals surface area contributed by atoms with Gasteiger partial charge in [-0.05, 0) is 50.5 Å². The number of carbonyl (C=O) groups excluding carboxylic acids is 2. The van der Waals surface area contributed by atoms with Crippen molar-refractivity contribution in [2.75, 3.05) is 26.2 Å². The summed E-state index contributed by atoms with van der Waals surface area (Å²) in [5.41, 5.74) is 2.42. The fraction of sp³-hybridized carbons (Fsp3) is 0.522. The Hall–Kier alpha value is -2.48. The van der Waals surface area contributed by atoms with Gasteiger partial charge in [0.25, 0.3) is 5.91 Å². The van der Waals surface area contributed by atoms with Crippen LogP contribution in [-0.2, 0) is 4.79 Å². The number of carbonyl (C=O) groups is 2. The van der Waals surface area contributed by atoms with Crippen molar-refractivity contribution < 1.29 is 18.7 Å². The molecule has 2 amide bonds. The van der Waals surface area contributed by atoms with Gasteiger partial charge in [-0.1, -0.05) is 0 Å². The number of nitrogens with zero attached hydrogens (tertiary/aromatic N) is 3. The lowest BCUT2D eigenvalue weighted by Crippen LogP contribution is -2.49. The minimum Gasteiger partial charge on any atom is -0.490 e. The van der Waals surface area contributed by atoms with Crippen molar-refractivity contribution in [3.8, 4) is 5.75 Å². The predicted octanol–water partition coefficient (Wildman–Crippen LogP) is 3.90. The van der Waals surface area contributed by atoms with E-state index in [2.05, 4.69) is 4.98 Å². The number of hydrogen-bond acceptors (Lipinski definition) is 5. The highest BCUT2D eigenvalue weighted by atomic mass is 32.1. The van der Waals surface area contributed by atoms with Gasteiger partial charge in [0.2, 0.25) is 5.91 Å². The van der Waals surface area contributed by atoms with Crippen molar-refractivity contribution in [2.45, 2.75) is 45.1 Å². The number of piperidine rings is 2. The van der Waals surface area contributed by atoms with Gasteiger partial charge >= 0.3 is 0 Å². The van der Waals surface area contributed by atoms with Crippen LogP contribution >= 0.6 is 11.3 Å². The van der Waals surface area contributed by atoms with Gasteiger partial charge in [-0.25, -0.2) is 9.37 Å². The number of hydrogen-bond donors (Lipinski definition) is 0. The Balaban J connectivity index is 1.48. The Morgan fingerprint density at radius 3 is 2.55 bits per heavy atom. The summed E-state index contributed by atoms with van der Waals surface area (Å²) < 4.78 is 19.4. The standard InChI is InChI=1S/C23H28FN3O3S/c1-16-22(31-15-25-16)23(29)27-12-9-20(30-19-7-5-18(24)6-8-19)17(14-27)13-21(28)26-10-3-2-4-11-26/h5-8,15,17,20H,2-4,9-14H2,1H3/t17-,20-/m0/s1. The molecule has 166 valence electrons. The van der Waals surface area contributed by atoms with E-state index in [9.17, 15) is 14.0 Å². The molecule has 0 unspecified atom stereocenters. The molecular formula is C23H28FN3O3S. The SMILES string of the molecule is Cc1ncsc1C(=O)N1CC[C@H](Oc2ccc(F)cc2)[C@@H](CC(=O)N2CCCCC2)C1. The zero-order valence-electron chi connectivity index (χ0n) is 17.8. The molecule has 31 heavy (non-hydrogen) atoms. The van der Waals surface area contributed by atoms with Crippen molar-refractivity contribution in [3.05, 3.63) is 46.2 Å². The molecule has 3 heterocycles. The minimum atomic E-state index is -0.315. The Kier molecular flexibility index (Phi) is 6.85. The van der Waals surface area contributed by atoms with Crippen LogP contribution in [0.1, 0.15) is 47.5 Å². The molecule has 0 spiro atoms. The van der Waals surface area contributed by atoms with Gasteiger partial charge in [0.05, 0.1) is 11.2 Å². The number of amides is 2. The first-order chi connectivity index (χ1) is 15.0. The first kappa shape index (κ1) is 21.7. The summed E-state index contributed by atoms with van der Waals surface area (Å²) in [7, 11) is 0. The third-order valence-corrected chi connectivity index (χ3v) is 7.05. The quantitative estimate of drug-likeness (QED) is 0.700. The molecule has 0 saturated carbocycles. The highest BCUT2D eigenvalue weighted by molar-refractivity contribution is 7.11. The summed E-state index contributed by atoms with van der Waals surface area (Å²) in [5.74, 6) is 0.242. The van der Waals surface area contributed by atoms with Crippen molar-refractivity contribution >= 4 is 23.2 Å². The van der Waals surface area contributed by atoms with Crippen LogP contribution in [0, 0.1) is 18.7 Å². The maximum Gasteiger partial charge on any atom is 0.265 e. The first-order valence-electron chi connectivity index (χ1n) is 10.9. The van der Waals surface area contributed by atoms with E-state index in [1.165, 1.54) is 29.9 Å². The van der Waals surface area contributed by atoms with Crippen LogP contribution < -0.4 is 4.74 Å². The summed E-state index contributed by atoms with van der Waals surface area (Å²) in [4.78, 5) is 34.6. The van der Waals surface area contributed by atoms with Crippen LogP contribution in [0.3, 0.4) is 0 Å². The van der Waals surface area contributed by atoms with Gasteiger partial charge < -0.3 is 14.5 Å². The number of aryl methyl sites for hydroxylation is 1. The molecule has 2 saturated heterocycles. The molecule has 0 N–H and O–H groups in total. The van der Waals surface area contributed by atoms with E-state index < -0.39 is 0 Å². The number of ether oxygens (including phenoxy) is 1. The normalized spacial score (nSPS) is 21.7. The van der Waals surface area contributed by atoms with Crippen molar-refractivity contribution in [1.82, 2.24) is 14.8 Å². The average molecular weight is 446 g/mol. The second kappa shape index (κ2) is 9.77. The van der Waals surface area contributed by atoms with Crippen LogP contribution in [0.5, 0.6) is 5.75 Å². The third kappa shape index (κ3) is 5.23. The molecule has 2 fully saturated rings. The van der Waals surface area contributed by atoms with Crippen molar-refractivity contribution in [3.63, 3.8) is 0 Å². The van der Waals surface area contributed by atoms with Crippen LogP contribution in [0.25, 0.3) is 0 Å². The molecule has 0 aliphatic carbocycles. The van der Waals surface area contributed by atoms with Crippen LogP contribution in [0.4, 0.5) is 4.39 Å². The smallest absolute Gasteiger partial charge is 0.265 e. The van der Waals surface area contributed by atoms with Gasteiger partial charge in [-0.2, -0.15) is 0 Å². The van der Waals surface area contributed by atoms with Gasteiger partial charge in [0.15, 0.2) is 0 Å². The monoisotopic (exact) mass is 445 g/mol. The van der Waals surface area contributed by atoms with Gasteiger partial charge in [-0.15, -0.1) is 11.3 Å². The summed E-state index contributed by atoms with van der Waals surface area (Å²) in [6, 6.07) is 5.96. The van der Waals surface area contributed by atoms with E-state index in [1.54, 1.807) is 17.6 Å². The van der Waals surface area contributed by atoms with Gasteiger partial charge in [-0.3, -0.25) is 9.59 Å². The fourth-order valence-corrected chi connectivity index (χ4v) is 5.15. The number of thiazole rings is 1. The van der Waals surface area contributed by atoms with E-state index in [-0.39, 0.29) is 29.7 Å². The molecule has 0 bridgehead atoms. The van der Waals surface area contributed by atoms with Gasteiger partial charge in [0.1, 0.15) is 22.5 Å². The number of likely N-dealkylation sites (tertiary alicyclic amines) is 2. The lowest BCUT2D eigenvalue weighted by molar-refractivity contribution is -0.134. The van der Waals surface area contributed by atoms with E-state index in [0.717, 1.165) is 31.6 Å². The largest absolute Gasteiger partial charge is 0.490 e. The topological polar surface area (TPSA) is 62.7 Å². The zero-order chi connectivity index (χ0) is 21.8. The Morgan fingerprint density at radius 2 is 1.87 bits per heavy atom. The van der Waals surface area contributed by atoms with E-state index in [1.807, 2.05) is 16.7 Å². The lowest BCUT2D eigenvalue weighted by atomic mass is 9.90. The molecule has 2 aliphatic rings. The van der Waals surface area contributed by atoms with Gasteiger partial charge in [0, 0.05) is 44.9 Å². The highest BCUT2D eigenvalue weighted by Crippen LogP contribution is 2.29. The Labute approximate surface area is 186 Å². The molecule has 2 aromatic rings. The fourth-order valence-electron chi connectivity index (χ4n) is 4.38. The maximum absolute atomic E-state index is 13.3. The summed E-state index contributed by atoms with van der Waals surface area (Å²) in [5, 5.41) is 0. The summed E-state index contributed by atoms with van der Waals surface area (Å²) in [6.07, 6.45) is 4.02. The van der Waals surface area contributed by atoms with Crippen LogP contribution in [0.15, 0.2) is 29.8 Å². The number of benzene rings is 1. The summed E-state index contributed by atoms with van der Waals surface area (Å²) >= 11 is 1.35. The molecule has 2 aliphatic heterocycles. The Bertz CT molecular complexity index is 911. The molecule has 6 nitrogen and oxygen atoms in total. The number of rotatable bonds is 5. The minimum absolute atomic E-state index is 0.0318. The molecule has 1 aromatic heterocycles. The molecule has 1 aromatic carbocycles. The lowest BCUT2D eigenvalue weighted by Gasteiger charge is -2.39. The van der Waals surface area contributed by atoms with Crippen LogP contribution in [-0.4, -0.2) is 58.9 Å². The van der Waals surface area contributed by atoms with Crippen molar-refractivity contribution in [2.24, 2.45) is 5.92 Å². The molecule has 2 atom stereocenters. The third-order valence-electron chi connectivity index (χ3n) is 6.14. The van der Waals surface area contributed by atoms with Crippen LogP contribution in [0.2, 0.25) is 0 Å². The van der Waals surface area contributed by atoms with Crippen molar-refractivity contribution in [1.29, 1.82) is 0 Å². The first-order valence-corrected chi connectivity index (χ1v) is 11.8. The molecule has 8 heteroatoms. The highest BCUT2D eigenvalue weighted by Gasteiger charge is 2.36. The summed E-state index contributed by atoms with van der Waals surface area (Å²) in [6.45, 7) is 4.46. The maximum atomic E-state index is 13.3. The van der Waals surface area contributed by atoms with E-state index in [0.29, 0.717) is 36.6 Å². The zero-order valence-corrected chi connectivity index (χ0v) is 18.6. The Morgan fingerprint density at radius 1 is 1.13 bits per heavy atom. The molecule has 0 radical (unpaired) electrons. The number of halogens is 1. The molecular weight excluding hydrogens is 417 g/mol. The average Bonchev–Trinajstić information content (AvgIpc) is 3.22. The second-order valence-corrected chi connectivity index (χ2v) is 9.18. The van der Waals surface area contributed by atoms with E-state index >= 15 is 0 Å². The second-order valence-electron chi connectivity index (χ2n) is 8.32.